The van der Waals surface area contributed by atoms with Crippen LogP contribution in [0.4, 0.5) is 8.78 Å². The topological polar surface area (TPSA) is 23.8 Å². The van der Waals surface area contributed by atoms with Gasteiger partial charge in [-0.1, -0.05) is 12.1 Å². The molecule has 1 atom stereocenters. The molecule has 0 radical (unpaired) electrons. The van der Waals surface area contributed by atoms with Crippen molar-refractivity contribution in [1.29, 1.82) is 5.26 Å². The smallest absolute Gasteiger partial charge is 0.138 e. The monoisotopic (exact) mass is 167 g/mol. The number of benzene rings is 1. The van der Waals surface area contributed by atoms with E-state index in [1.807, 2.05) is 0 Å². The van der Waals surface area contributed by atoms with Gasteiger partial charge in [0.2, 0.25) is 0 Å². The van der Waals surface area contributed by atoms with Gasteiger partial charge < -0.3 is 0 Å². The Morgan fingerprint density at radius 3 is 2.42 bits per heavy atom. The van der Waals surface area contributed by atoms with Crippen LogP contribution >= 0.6 is 0 Å². The number of rotatable bonds is 2. The largest absolute Gasteiger partial charge is 0.241 e. The third kappa shape index (κ3) is 2.03. The zero-order valence-electron chi connectivity index (χ0n) is 6.30. The molecule has 0 saturated heterocycles. The van der Waals surface area contributed by atoms with E-state index < -0.39 is 12.0 Å². The Morgan fingerprint density at radius 1 is 1.33 bits per heavy atom. The summed E-state index contributed by atoms with van der Waals surface area (Å²) in [5.41, 5.74) is 0.345. The van der Waals surface area contributed by atoms with E-state index in [2.05, 4.69) is 0 Å². The molecular weight excluding hydrogens is 160 g/mol. The van der Waals surface area contributed by atoms with Gasteiger partial charge in [0.1, 0.15) is 12.0 Å². The van der Waals surface area contributed by atoms with Gasteiger partial charge in [0.25, 0.3) is 0 Å². The first-order valence-electron chi connectivity index (χ1n) is 3.50. The highest BCUT2D eigenvalue weighted by Gasteiger charge is 2.07. The maximum absolute atomic E-state index is 12.9. The number of nitriles is 1. The van der Waals surface area contributed by atoms with E-state index in [0.29, 0.717) is 5.56 Å². The number of halogens is 2. The van der Waals surface area contributed by atoms with E-state index in [1.54, 1.807) is 6.07 Å². The first kappa shape index (κ1) is 8.66. The Bertz CT molecular complexity index is 286. The molecule has 12 heavy (non-hydrogen) atoms. The fourth-order valence-electron chi connectivity index (χ4n) is 0.870. The average molecular weight is 167 g/mol. The lowest BCUT2D eigenvalue weighted by Crippen LogP contribution is -1.89. The van der Waals surface area contributed by atoms with E-state index in [1.165, 1.54) is 24.3 Å². The van der Waals surface area contributed by atoms with E-state index in [4.69, 9.17) is 5.26 Å². The Balaban J connectivity index is 2.76. The van der Waals surface area contributed by atoms with Crippen LogP contribution in [-0.4, -0.2) is 0 Å². The summed E-state index contributed by atoms with van der Waals surface area (Å²) in [5.74, 6) is -0.400. The van der Waals surface area contributed by atoms with Gasteiger partial charge in [0.15, 0.2) is 0 Å². The van der Waals surface area contributed by atoms with Gasteiger partial charge in [0, 0.05) is 0 Å². The summed E-state index contributed by atoms with van der Waals surface area (Å²) in [4.78, 5) is 0. The van der Waals surface area contributed by atoms with E-state index >= 15 is 0 Å². The zero-order valence-corrected chi connectivity index (χ0v) is 6.30. The number of hydrogen-bond acceptors (Lipinski definition) is 1. The minimum atomic E-state index is -1.31. The third-order valence-electron chi connectivity index (χ3n) is 1.50. The molecule has 0 N–H and O–H groups in total. The minimum absolute atomic E-state index is 0.189. The average Bonchev–Trinajstić information content (AvgIpc) is 2.06. The van der Waals surface area contributed by atoms with Crippen LogP contribution in [0.15, 0.2) is 24.3 Å². The van der Waals surface area contributed by atoms with Gasteiger partial charge in [-0.05, 0) is 17.7 Å². The lowest BCUT2D eigenvalue weighted by Gasteiger charge is -2.02. The second kappa shape index (κ2) is 3.82. The highest BCUT2D eigenvalue weighted by Crippen LogP contribution is 2.20. The van der Waals surface area contributed by atoms with Crippen molar-refractivity contribution in [3.8, 4) is 6.07 Å². The second-order valence-electron chi connectivity index (χ2n) is 2.38. The SMILES string of the molecule is N#CCC(F)c1ccc(F)cc1. The maximum atomic E-state index is 12.9. The molecule has 1 rings (SSSR count). The molecule has 0 aliphatic rings. The van der Waals surface area contributed by atoms with Gasteiger partial charge in [-0.3, -0.25) is 0 Å². The minimum Gasteiger partial charge on any atom is -0.241 e. The molecule has 1 nitrogen and oxygen atoms in total. The van der Waals surface area contributed by atoms with Gasteiger partial charge in [0.05, 0.1) is 12.5 Å². The van der Waals surface area contributed by atoms with Crippen molar-refractivity contribution in [3.05, 3.63) is 35.6 Å². The Kier molecular flexibility index (Phi) is 2.76. The maximum Gasteiger partial charge on any atom is 0.138 e. The summed E-state index contributed by atoms with van der Waals surface area (Å²) < 4.78 is 25.3. The molecule has 0 amide bonds. The summed E-state index contributed by atoms with van der Waals surface area (Å²) in [6.45, 7) is 0. The Labute approximate surface area is 69.2 Å². The van der Waals surface area contributed by atoms with Crippen molar-refractivity contribution in [2.24, 2.45) is 0 Å². The molecule has 0 saturated carbocycles. The summed E-state index contributed by atoms with van der Waals surface area (Å²) >= 11 is 0. The summed E-state index contributed by atoms with van der Waals surface area (Å²) in [5, 5.41) is 8.19. The molecule has 0 fully saturated rings. The lowest BCUT2D eigenvalue weighted by molar-refractivity contribution is 0.350. The highest BCUT2D eigenvalue weighted by molar-refractivity contribution is 5.19. The fourth-order valence-corrected chi connectivity index (χ4v) is 0.870. The van der Waals surface area contributed by atoms with Gasteiger partial charge in [-0.2, -0.15) is 5.26 Å². The molecule has 0 aromatic heterocycles. The van der Waals surface area contributed by atoms with E-state index in [0.717, 1.165) is 0 Å². The molecule has 1 aromatic rings. The fraction of sp³-hybridized carbons (Fsp3) is 0.222. The van der Waals surface area contributed by atoms with Crippen molar-refractivity contribution in [2.45, 2.75) is 12.6 Å². The second-order valence-corrected chi connectivity index (χ2v) is 2.38. The predicted octanol–water partition coefficient (Wildman–Crippen LogP) is 2.75. The molecule has 0 bridgehead atoms. The molecule has 0 heterocycles. The molecule has 3 heteroatoms. The van der Waals surface area contributed by atoms with Gasteiger partial charge in [-0.15, -0.1) is 0 Å². The molecule has 0 aliphatic heterocycles. The molecular formula is C9H7F2N. The van der Waals surface area contributed by atoms with Crippen LogP contribution in [0.2, 0.25) is 0 Å². The number of hydrogen-bond donors (Lipinski definition) is 0. The van der Waals surface area contributed by atoms with Crippen molar-refractivity contribution in [2.75, 3.05) is 0 Å². The normalized spacial score (nSPS) is 12.1. The van der Waals surface area contributed by atoms with Crippen LogP contribution in [0.5, 0.6) is 0 Å². The molecule has 0 aliphatic carbocycles. The molecule has 62 valence electrons. The molecule has 1 aromatic carbocycles. The standard InChI is InChI=1S/C9H7F2N/c10-8-3-1-7(2-4-8)9(11)5-6-12/h1-4,9H,5H2. The Hall–Kier alpha value is -1.43. The molecule has 1 unspecified atom stereocenters. The van der Waals surface area contributed by atoms with Crippen LogP contribution in [0.1, 0.15) is 18.2 Å². The first-order chi connectivity index (χ1) is 5.74. The summed E-state index contributed by atoms with van der Waals surface area (Å²) in [7, 11) is 0. The van der Waals surface area contributed by atoms with Gasteiger partial charge in [-0.25, -0.2) is 8.78 Å². The zero-order chi connectivity index (χ0) is 8.97. The Morgan fingerprint density at radius 2 is 1.92 bits per heavy atom. The quantitative estimate of drug-likeness (QED) is 0.664. The van der Waals surface area contributed by atoms with Crippen molar-refractivity contribution < 1.29 is 8.78 Å². The number of nitrogens with zero attached hydrogens (tertiary/aromatic N) is 1. The summed E-state index contributed by atoms with van der Waals surface area (Å²) in [6.07, 6.45) is -1.50. The van der Waals surface area contributed by atoms with Gasteiger partial charge >= 0.3 is 0 Å². The highest BCUT2D eigenvalue weighted by atomic mass is 19.1. The number of alkyl halides is 1. The van der Waals surface area contributed by atoms with E-state index in [9.17, 15) is 8.78 Å². The van der Waals surface area contributed by atoms with Crippen LogP contribution in [-0.2, 0) is 0 Å². The van der Waals surface area contributed by atoms with Crippen LogP contribution < -0.4 is 0 Å². The predicted molar refractivity (Wildman–Crippen MR) is 40.5 cm³/mol. The van der Waals surface area contributed by atoms with Crippen molar-refractivity contribution >= 4 is 0 Å². The third-order valence-corrected chi connectivity index (χ3v) is 1.50. The first-order valence-corrected chi connectivity index (χ1v) is 3.50. The van der Waals surface area contributed by atoms with Crippen LogP contribution in [0.3, 0.4) is 0 Å². The summed E-state index contributed by atoms with van der Waals surface area (Å²) in [6, 6.07) is 6.76. The van der Waals surface area contributed by atoms with Crippen LogP contribution in [0.25, 0.3) is 0 Å². The van der Waals surface area contributed by atoms with E-state index in [-0.39, 0.29) is 6.42 Å². The van der Waals surface area contributed by atoms with Crippen molar-refractivity contribution in [1.82, 2.24) is 0 Å². The molecule has 0 spiro atoms. The van der Waals surface area contributed by atoms with Crippen LogP contribution in [0, 0.1) is 17.1 Å². The van der Waals surface area contributed by atoms with Crippen molar-refractivity contribution in [3.63, 3.8) is 0 Å². The lowest BCUT2D eigenvalue weighted by atomic mass is 10.1.